The molecule has 1 unspecified atom stereocenters. The third-order valence-electron chi connectivity index (χ3n) is 8.97. The van der Waals surface area contributed by atoms with E-state index < -0.39 is 0 Å². The van der Waals surface area contributed by atoms with Gasteiger partial charge in [0.15, 0.2) is 0 Å². The monoisotopic (exact) mass is 537 g/mol. The summed E-state index contributed by atoms with van der Waals surface area (Å²) in [6.07, 6.45) is 47.1. The van der Waals surface area contributed by atoms with Gasteiger partial charge in [0.05, 0.1) is 0 Å². The quantitative estimate of drug-likeness (QED) is 0.0810. The molecule has 1 atom stereocenters. The first kappa shape index (κ1) is 38.0. The second kappa shape index (κ2) is 35.0. The molecule has 38 heavy (non-hydrogen) atoms. The molecule has 0 aromatic heterocycles. The molecule has 0 rings (SSSR count). The van der Waals surface area contributed by atoms with Crippen LogP contribution >= 0.6 is 0 Å². The first-order chi connectivity index (χ1) is 18.8. The summed E-state index contributed by atoms with van der Waals surface area (Å²) in [7, 11) is 0. The summed E-state index contributed by atoms with van der Waals surface area (Å²) >= 11 is 0. The number of hydrogen-bond acceptors (Lipinski definition) is 1. The van der Waals surface area contributed by atoms with Crippen LogP contribution in [0.4, 0.5) is 0 Å². The molecule has 0 aliphatic rings. The van der Waals surface area contributed by atoms with E-state index in [-0.39, 0.29) is 0 Å². The van der Waals surface area contributed by atoms with Crippen molar-refractivity contribution in [2.75, 3.05) is 6.61 Å². The van der Waals surface area contributed by atoms with Crippen LogP contribution in [0.25, 0.3) is 0 Å². The van der Waals surface area contributed by atoms with Crippen molar-refractivity contribution in [1.82, 2.24) is 0 Å². The highest BCUT2D eigenvalue weighted by atomic mass is 16.3. The Labute approximate surface area is 243 Å². The van der Waals surface area contributed by atoms with Crippen molar-refractivity contribution < 1.29 is 5.11 Å². The summed E-state index contributed by atoms with van der Waals surface area (Å²) < 4.78 is 0. The van der Waals surface area contributed by atoms with E-state index >= 15 is 0 Å². The zero-order chi connectivity index (χ0) is 27.6. The third kappa shape index (κ3) is 32.2. The fourth-order valence-corrected chi connectivity index (χ4v) is 6.22. The Morgan fingerprint density at radius 3 is 0.711 bits per heavy atom. The Bertz CT molecular complexity index is 392. The van der Waals surface area contributed by atoms with Crippen molar-refractivity contribution in [3.8, 4) is 0 Å². The maximum Gasteiger partial charge on any atom is 0.0433 e. The minimum Gasteiger partial charge on any atom is -0.396 e. The molecule has 0 bridgehead atoms. The lowest BCUT2D eigenvalue weighted by atomic mass is 9.91. The minimum absolute atomic E-state index is 0.391. The SMILES string of the molecule is CCCCCCCCCCCCCCCCCCC(CCO)CCCCCCCCCCCCCCCC. The van der Waals surface area contributed by atoms with Gasteiger partial charge in [-0.1, -0.05) is 219 Å². The molecule has 1 heteroatoms. The van der Waals surface area contributed by atoms with E-state index in [0.29, 0.717) is 6.61 Å². The fourth-order valence-electron chi connectivity index (χ4n) is 6.22. The molecule has 0 radical (unpaired) electrons. The number of aliphatic hydroxyl groups is 1. The van der Waals surface area contributed by atoms with E-state index in [1.165, 1.54) is 205 Å². The van der Waals surface area contributed by atoms with Crippen LogP contribution in [0.1, 0.15) is 226 Å². The molecule has 0 heterocycles. The zero-order valence-corrected chi connectivity index (χ0v) is 27.1. The van der Waals surface area contributed by atoms with Crippen LogP contribution in [-0.4, -0.2) is 11.7 Å². The average Bonchev–Trinajstić information content (AvgIpc) is 2.92. The fraction of sp³-hybridized carbons (Fsp3) is 1.00. The van der Waals surface area contributed by atoms with Crippen molar-refractivity contribution in [2.24, 2.45) is 5.92 Å². The lowest BCUT2D eigenvalue weighted by Crippen LogP contribution is -2.03. The van der Waals surface area contributed by atoms with Crippen LogP contribution in [0.5, 0.6) is 0 Å². The van der Waals surface area contributed by atoms with Crippen LogP contribution in [0.3, 0.4) is 0 Å². The smallest absolute Gasteiger partial charge is 0.0433 e. The van der Waals surface area contributed by atoms with Gasteiger partial charge in [-0.05, 0) is 12.3 Å². The Balaban J connectivity index is 3.36. The molecule has 0 saturated carbocycles. The van der Waals surface area contributed by atoms with Crippen LogP contribution in [-0.2, 0) is 0 Å². The van der Waals surface area contributed by atoms with E-state index in [9.17, 15) is 5.11 Å². The zero-order valence-electron chi connectivity index (χ0n) is 27.1. The maximum absolute atomic E-state index is 9.49. The molecule has 0 spiro atoms. The second-order valence-electron chi connectivity index (χ2n) is 12.9. The van der Waals surface area contributed by atoms with Crippen molar-refractivity contribution in [1.29, 1.82) is 0 Å². The van der Waals surface area contributed by atoms with Crippen molar-refractivity contribution in [2.45, 2.75) is 226 Å². The normalized spacial score (nSPS) is 12.4. The molecule has 0 aromatic carbocycles. The standard InChI is InChI=1S/C37H76O/c1-3-5-7-9-11-13-15-17-19-20-22-24-26-28-30-32-34-37(35-36-38)33-31-29-27-25-23-21-18-16-14-12-10-8-6-4-2/h37-38H,3-36H2,1-2H3. The van der Waals surface area contributed by atoms with Crippen LogP contribution < -0.4 is 0 Å². The minimum atomic E-state index is 0.391. The lowest BCUT2D eigenvalue weighted by molar-refractivity contribution is 0.241. The molecule has 230 valence electrons. The molecule has 0 aromatic rings. The Morgan fingerprint density at radius 2 is 0.500 bits per heavy atom. The van der Waals surface area contributed by atoms with Gasteiger partial charge in [-0.3, -0.25) is 0 Å². The maximum atomic E-state index is 9.49. The highest BCUT2D eigenvalue weighted by molar-refractivity contribution is 4.61. The summed E-state index contributed by atoms with van der Waals surface area (Å²) in [5.41, 5.74) is 0. The summed E-state index contributed by atoms with van der Waals surface area (Å²) in [4.78, 5) is 0. The molecule has 1 N–H and O–H groups in total. The highest BCUT2D eigenvalue weighted by Gasteiger charge is 2.08. The third-order valence-corrected chi connectivity index (χ3v) is 8.97. The first-order valence-corrected chi connectivity index (χ1v) is 18.5. The van der Waals surface area contributed by atoms with E-state index in [2.05, 4.69) is 13.8 Å². The van der Waals surface area contributed by atoms with Crippen LogP contribution in [0.2, 0.25) is 0 Å². The van der Waals surface area contributed by atoms with Crippen LogP contribution in [0, 0.1) is 5.92 Å². The molecule has 0 fully saturated rings. The molecule has 0 saturated heterocycles. The van der Waals surface area contributed by atoms with Crippen LogP contribution in [0.15, 0.2) is 0 Å². The van der Waals surface area contributed by atoms with Crippen molar-refractivity contribution >= 4 is 0 Å². The van der Waals surface area contributed by atoms with Crippen molar-refractivity contribution in [3.05, 3.63) is 0 Å². The Kier molecular flexibility index (Phi) is 35.0. The number of rotatable bonds is 34. The summed E-state index contributed by atoms with van der Waals surface area (Å²) in [6.45, 7) is 5.00. The van der Waals surface area contributed by atoms with E-state index in [0.717, 1.165) is 12.3 Å². The lowest BCUT2D eigenvalue weighted by Gasteiger charge is -2.15. The topological polar surface area (TPSA) is 20.2 Å². The van der Waals surface area contributed by atoms with Gasteiger partial charge in [-0.15, -0.1) is 0 Å². The molecule has 0 aliphatic carbocycles. The Morgan fingerprint density at radius 1 is 0.289 bits per heavy atom. The van der Waals surface area contributed by atoms with Gasteiger partial charge in [0, 0.05) is 6.61 Å². The summed E-state index contributed by atoms with van der Waals surface area (Å²) in [5, 5.41) is 9.49. The van der Waals surface area contributed by atoms with E-state index in [1.54, 1.807) is 0 Å². The van der Waals surface area contributed by atoms with Gasteiger partial charge in [-0.25, -0.2) is 0 Å². The number of hydrogen-bond donors (Lipinski definition) is 1. The molecular weight excluding hydrogens is 460 g/mol. The van der Waals surface area contributed by atoms with Gasteiger partial charge >= 0.3 is 0 Å². The largest absolute Gasteiger partial charge is 0.396 e. The molecular formula is C37H76O. The number of unbranched alkanes of at least 4 members (excludes halogenated alkanes) is 28. The molecule has 0 aliphatic heterocycles. The highest BCUT2D eigenvalue weighted by Crippen LogP contribution is 2.22. The van der Waals surface area contributed by atoms with Gasteiger partial charge in [-0.2, -0.15) is 0 Å². The summed E-state index contributed by atoms with van der Waals surface area (Å²) in [5.74, 6) is 0.781. The Hall–Kier alpha value is -0.0400. The van der Waals surface area contributed by atoms with Gasteiger partial charge in [0.2, 0.25) is 0 Å². The van der Waals surface area contributed by atoms with Crippen molar-refractivity contribution in [3.63, 3.8) is 0 Å². The number of aliphatic hydroxyl groups excluding tert-OH is 1. The predicted molar refractivity (Wildman–Crippen MR) is 174 cm³/mol. The predicted octanol–water partition coefficient (Wildman–Crippen LogP) is 13.5. The second-order valence-corrected chi connectivity index (χ2v) is 12.9. The van der Waals surface area contributed by atoms with Gasteiger partial charge < -0.3 is 5.11 Å². The summed E-state index contributed by atoms with van der Waals surface area (Å²) in [6, 6.07) is 0. The molecule has 1 nitrogen and oxygen atoms in total. The van der Waals surface area contributed by atoms with Gasteiger partial charge in [0.25, 0.3) is 0 Å². The first-order valence-electron chi connectivity index (χ1n) is 18.5. The van der Waals surface area contributed by atoms with Gasteiger partial charge in [0.1, 0.15) is 0 Å². The molecule has 0 amide bonds. The van der Waals surface area contributed by atoms with E-state index in [1.807, 2.05) is 0 Å². The van der Waals surface area contributed by atoms with E-state index in [4.69, 9.17) is 0 Å². The average molecular weight is 537 g/mol.